The average Bonchev–Trinajstić information content (AvgIpc) is 2.73. The van der Waals surface area contributed by atoms with Crippen molar-refractivity contribution in [2.75, 3.05) is 0 Å². The second-order valence-electron chi connectivity index (χ2n) is 7.84. The van der Waals surface area contributed by atoms with Gasteiger partial charge in [0.1, 0.15) is 22.1 Å². The van der Waals surface area contributed by atoms with Crippen molar-refractivity contribution in [1.29, 1.82) is 0 Å². The summed E-state index contributed by atoms with van der Waals surface area (Å²) in [6.07, 6.45) is 0. The molecule has 0 radical (unpaired) electrons. The minimum atomic E-state index is 0.770. The van der Waals surface area contributed by atoms with Gasteiger partial charge in [-0.15, -0.1) is 0 Å². The fraction of sp³-hybridized carbons (Fsp3) is 0.308. The first-order valence-corrected chi connectivity index (χ1v) is 10.5. The third kappa shape index (κ3) is 2.98. The highest BCUT2D eigenvalue weighted by Gasteiger charge is 2.25. The summed E-state index contributed by atoms with van der Waals surface area (Å²) in [5.74, 6) is 3.13. The summed E-state index contributed by atoms with van der Waals surface area (Å²) < 4.78 is 12.6. The number of hydrogen-bond acceptors (Lipinski definition) is 4. The molecule has 30 heavy (non-hydrogen) atoms. The lowest BCUT2D eigenvalue weighted by atomic mass is 10.0. The third-order valence-corrected chi connectivity index (χ3v) is 5.86. The molecule has 2 aliphatic rings. The van der Waals surface area contributed by atoms with E-state index in [9.17, 15) is 0 Å². The largest absolute Gasteiger partial charge is 0.452 e. The summed E-state index contributed by atoms with van der Waals surface area (Å²) in [6, 6.07) is 8.27. The van der Waals surface area contributed by atoms with E-state index in [1.807, 2.05) is 27.7 Å². The maximum absolute atomic E-state index is 6.31. The van der Waals surface area contributed by atoms with Crippen LogP contribution < -0.4 is 20.2 Å². The van der Waals surface area contributed by atoms with Gasteiger partial charge in [-0.1, -0.05) is 13.8 Å². The summed E-state index contributed by atoms with van der Waals surface area (Å²) in [7, 11) is 0. The molecule has 2 heterocycles. The van der Waals surface area contributed by atoms with Crippen LogP contribution in [0.15, 0.2) is 34.3 Å². The molecule has 0 spiro atoms. The van der Waals surface area contributed by atoms with Crippen molar-refractivity contribution in [3.8, 4) is 23.0 Å². The second kappa shape index (κ2) is 7.28. The lowest BCUT2D eigenvalue weighted by molar-refractivity contribution is 0.442. The van der Waals surface area contributed by atoms with E-state index in [1.54, 1.807) is 0 Å². The predicted octanol–water partition coefficient (Wildman–Crippen LogP) is 6.68. The molecule has 3 aromatic rings. The first-order valence-electron chi connectivity index (χ1n) is 10.5. The number of ether oxygens (including phenoxy) is 2. The van der Waals surface area contributed by atoms with E-state index in [1.165, 1.54) is 22.3 Å². The zero-order chi connectivity index (χ0) is 21.7. The standard InChI is InChI=1S/C24H22N2O2.C2H6/c1-11-7-17-19(9-13(11)3)27-23-16(6)22-24(15(5)21(23)25-17)28-20-10-14(4)12(2)8-18(20)26-22;1-2/h7-10H,1-6H3;1-2H3. The van der Waals surface area contributed by atoms with Crippen LogP contribution >= 0.6 is 0 Å². The Morgan fingerprint density at radius 3 is 1.23 bits per heavy atom. The summed E-state index contributed by atoms with van der Waals surface area (Å²) in [5, 5.41) is 1.66. The lowest BCUT2D eigenvalue weighted by Crippen LogP contribution is -2.25. The van der Waals surface area contributed by atoms with Crippen LogP contribution in [0.25, 0.3) is 0 Å². The van der Waals surface area contributed by atoms with Crippen LogP contribution in [0.4, 0.5) is 11.4 Å². The van der Waals surface area contributed by atoms with Crippen LogP contribution in [0.1, 0.15) is 47.2 Å². The molecule has 3 aromatic carbocycles. The van der Waals surface area contributed by atoms with Crippen molar-refractivity contribution < 1.29 is 9.47 Å². The first-order chi connectivity index (χ1) is 14.3. The summed E-state index contributed by atoms with van der Waals surface area (Å²) >= 11 is 0. The molecule has 154 valence electrons. The number of hydrogen-bond donors (Lipinski definition) is 0. The van der Waals surface area contributed by atoms with Crippen LogP contribution in [0.5, 0.6) is 23.0 Å². The third-order valence-electron chi connectivity index (χ3n) is 5.86. The Hall–Kier alpha value is -3.14. The van der Waals surface area contributed by atoms with Gasteiger partial charge in [-0.2, -0.15) is 0 Å². The van der Waals surface area contributed by atoms with Gasteiger partial charge in [0.2, 0.25) is 0 Å². The van der Waals surface area contributed by atoms with Crippen molar-refractivity contribution >= 4 is 11.4 Å². The zero-order valence-electron chi connectivity index (χ0n) is 19.0. The van der Waals surface area contributed by atoms with E-state index < -0.39 is 0 Å². The Morgan fingerprint density at radius 2 is 0.867 bits per heavy atom. The second-order valence-corrected chi connectivity index (χ2v) is 7.84. The van der Waals surface area contributed by atoms with Crippen LogP contribution in [0.2, 0.25) is 0 Å². The van der Waals surface area contributed by atoms with Gasteiger partial charge in [-0.05, 0) is 88.1 Å². The monoisotopic (exact) mass is 400 g/mol. The maximum Gasteiger partial charge on any atom is 0.158 e. The van der Waals surface area contributed by atoms with E-state index in [2.05, 4.69) is 52.0 Å². The van der Waals surface area contributed by atoms with Crippen LogP contribution in [-0.4, -0.2) is 0 Å². The Bertz CT molecular complexity index is 1220. The fourth-order valence-electron chi connectivity index (χ4n) is 3.78. The normalized spacial score (nSPS) is 12.4. The Kier molecular flexibility index (Phi) is 4.89. The van der Waals surface area contributed by atoms with E-state index >= 15 is 0 Å². The molecule has 5 rings (SSSR count). The van der Waals surface area contributed by atoms with Gasteiger partial charge in [0, 0.05) is 11.1 Å². The number of aryl methyl sites for hydroxylation is 4. The maximum atomic E-state index is 6.31. The molecule has 0 saturated heterocycles. The van der Waals surface area contributed by atoms with Gasteiger partial charge in [-0.25, -0.2) is 9.98 Å². The molecular weight excluding hydrogens is 372 g/mol. The molecule has 0 saturated carbocycles. The number of fused-ring (bicyclic) bond motifs is 4. The molecule has 0 bridgehead atoms. The number of benzene rings is 3. The highest BCUT2D eigenvalue weighted by Crippen LogP contribution is 2.41. The van der Waals surface area contributed by atoms with Crippen molar-refractivity contribution in [2.45, 2.75) is 55.4 Å². The van der Waals surface area contributed by atoms with Gasteiger partial charge in [0.15, 0.2) is 23.0 Å². The molecule has 0 aliphatic carbocycles. The van der Waals surface area contributed by atoms with E-state index in [0.29, 0.717) is 0 Å². The van der Waals surface area contributed by atoms with Crippen molar-refractivity contribution in [3.63, 3.8) is 0 Å². The SMILES string of the molecule is CC.Cc1cc2c(cc1C)Oc1c(C)c3c(c(C)c1=N2)Oc1cc(C)c(C)cc1N=3. The molecule has 0 aromatic heterocycles. The molecule has 4 heteroatoms. The van der Waals surface area contributed by atoms with Gasteiger partial charge in [0.25, 0.3) is 0 Å². The number of rotatable bonds is 0. The smallest absolute Gasteiger partial charge is 0.158 e. The quantitative estimate of drug-likeness (QED) is 0.291. The minimum absolute atomic E-state index is 0.770. The number of nitrogens with zero attached hydrogens (tertiary/aromatic N) is 2. The van der Waals surface area contributed by atoms with E-state index in [4.69, 9.17) is 19.5 Å². The summed E-state index contributed by atoms with van der Waals surface area (Å²) in [5.41, 5.74) is 8.41. The van der Waals surface area contributed by atoms with E-state index in [-0.39, 0.29) is 0 Å². The Balaban J connectivity index is 0.00000106. The average molecular weight is 401 g/mol. The minimum Gasteiger partial charge on any atom is -0.452 e. The topological polar surface area (TPSA) is 43.2 Å². The van der Waals surface area contributed by atoms with Gasteiger partial charge in [0.05, 0.1) is 0 Å². The highest BCUT2D eigenvalue weighted by molar-refractivity contribution is 5.64. The summed E-state index contributed by atoms with van der Waals surface area (Å²) in [4.78, 5) is 9.84. The molecule has 4 nitrogen and oxygen atoms in total. The molecule has 0 amide bonds. The Morgan fingerprint density at radius 1 is 0.533 bits per heavy atom. The first kappa shape index (κ1) is 20.1. The molecule has 0 unspecified atom stereocenters. The van der Waals surface area contributed by atoms with Crippen LogP contribution in [-0.2, 0) is 0 Å². The van der Waals surface area contributed by atoms with Gasteiger partial charge < -0.3 is 9.47 Å². The van der Waals surface area contributed by atoms with Crippen LogP contribution in [0.3, 0.4) is 0 Å². The summed E-state index contributed by atoms with van der Waals surface area (Å²) in [6.45, 7) is 16.4. The van der Waals surface area contributed by atoms with Gasteiger partial charge >= 0.3 is 0 Å². The zero-order valence-corrected chi connectivity index (χ0v) is 19.0. The molecule has 0 N–H and O–H groups in total. The van der Waals surface area contributed by atoms with Crippen molar-refractivity contribution in [3.05, 3.63) is 68.4 Å². The van der Waals surface area contributed by atoms with Crippen molar-refractivity contribution in [2.24, 2.45) is 9.98 Å². The van der Waals surface area contributed by atoms with E-state index in [0.717, 1.165) is 56.2 Å². The highest BCUT2D eigenvalue weighted by atomic mass is 16.5. The lowest BCUT2D eigenvalue weighted by Gasteiger charge is -2.23. The molecule has 0 fully saturated rings. The molecular formula is C26H28N2O2. The predicted molar refractivity (Wildman–Crippen MR) is 121 cm³/mol. The molecule has 0 atom stereocenters. The fourth-order valence-corrected chi connectivity index (χ4v) is 3.78. The van der Waals surface area contributed by atoms with Crippen molar-refractivity contribution in [1.82, 2.24) is 0 Å². The van der Waals surface area contributed by atoms with Crippen LogP contribution in [0, 0.1) is 41.5 Å². The van der Waals surface area contributed by atoms with Gasteiger partial charge in [-0.3, -0.25) is 0 Å². The Labute approximate surface area is 177 Å². The molecule has 2 aliphatic heterocycles.